The van der Waals surface area contributed by atoms with Crippen LogP contribution in [0.25, 0.3) is 0 Å². The molecule has 0 atom stereocenters. The first-order valence-corrected chi connectivity index (χ1v) is 7.36. The van der Waals surface area contributed by atoms with Crippen molar-refractivity contribution in [2.75, 3.05) is 13.2 Å². The lowest BCUT2D eigenvalue weighted by Crippen LogP contribution is -2.40. The molecule has 1 fully saturated rings. The zero-order chi connectivity index (χ0) is 14.5. The lowest BCUT2D eigenvalue weighted by molar-refractivity contribution is 0.0638. The molecule has 1 aromatic carbocycles. The highest BCUT2D eigenvalue weighted by molar-refractivity contribution is 7.80. The van der Waals surface area contributed by atoms with Crippen LogP contribution in [0.5, 0.6) is 0 Å². The van der Waals surface area contributed by atoms with Crippen LogP contribution in [-0.4, -0.2) is 40.1 Å². The van der Waals surface area contributed by atoms with Crippen LogP contribution in [-0.2, 0) is 0 Å². The minimum atomic E-state index is -0.0274. The van der Waals surface area contributed by atoms with E-state index in [0.717, 1.165) is 31.2 Å². The van der Waals surface area contributed by atoms with Crippen LogP contribution in [0.3, 0.4) is 0 Å². The van der Waals surface area contributed by atoms with E-state index in [1.54, 1.807) is 29.2 Å². The first-order valence-electron chi connectivity index (χ1n) is 6.95. The number of aliphatic hydroxyl groups is 1. The molecular weight excluding hydrogens is 272 g/mol. The number of benzene rings is 1. The second-order valence-corrected chi connectivity index (χ2v) is 5.54. The van der Waals surface area contributed by atoms with E-state index in [9.17, 15) is 9.90 Å². The fourth-order valence-electron chi connectivity index (χ4n) is 2.72. The van der Waals surface area contributed by atoms with Gasteiger partial charge in [0, 0.05) is 23.7 Å². The van der Waals surface area contributed by atoms with Crippen molar-refractivity contribution in [3.8, 4) is 0 Å². The van der Waals surface area contributed by atoms with Gasteiger partial charge in [-0.05, 0) is 25.0 Å². The normalized spacial score (nSPS) is 15.2. The highest BCUT2D eigenvalue weighted by Gasteiger charge is 2.26. The Morgan fingerprint density at radius 1 is 1.25 bits per heavy atom. The van der Waals surface area contributed by atoms with Crippen molar-refractivity contribution in [1.29, 1.82) is 0 Å². The van der Waals surface area contributed by atoms with Crippen molar-refractivity contribution < 1.29 is 9.90 Å². The second-order valence-electron chi connectivity index (χ2n) is 5.10. The number of nitrogens with two attached hydrogens (primary N) is 1. The second kappa shape index (κ2) is 6.81. The van der Waals surface area contributed by atoms with E-state index >= 15 is 0 Å². The fourth-order valence-corrected chi connectivity index (χ4v) is 2.85. The highest BCUT2D eigenvalue weighted by Crippen LogP contribution is 2.24. The monoisotopic (exact) mass is 292 g/mol. The Balaban J connectivity index is 2.15. The lowest BCUT2D eigenvalue weighted by Gasteiger charge is -2.28. The minimum Gasteiger partial charge on any atom is -0.395 e. The summed E-state index contributed by atoms with van der Waals surface area (Å²) in [4.78, 5) is 14.7. The van der Waals surface area contributed by atoms with Crippen LogP contribution in [0, 0.1) is 0 Å². The van der Waals surface area contributed by atoms with Crippen LogP contribution >= 0.6 is 12.2 Å². The molecule has 108 valence electrons. The van der Waals surface area contributed by atoms with Gasteiger partial charge in [0.1, 0.15) is 4.99 Å². The summed E-state index contributed by atoms with van der Waals surface area (Å²) in [5.74, 6) is -0.0274. The summed E-state index contributed by atoms with van der Waals surface area (Å²) in [5.41, 5.74) is 6.92. The Kier molecular flexibility index (Phi) is 5.09. The molecule has 0 radical (unpaired) electrons. The Bertz CT molecular complexity index is 481. The maximum absolute atomic E-state index is 12.6. The summed E-state index contributed by atoms with van der Waals surface area (Å²) < 4.78 is 0. The molecule has 5 heteroatoms. The number of carbonyl (C=O) groups excluding carboxylic acids is 1. The number of nitrogens with zero attached hydrogens (tertiary/aromatic N) is 1. The number of rotatable bonds is 5. The van der Waals surface area contributed by atoms with Crippen molar-refractivity contribution in [2.45, 2.75) is 31.7 Å². The zero-order valence-electron chi connectivity index (χ0n) is 11.4. The topological polar surface area (TPSA) is 66.6 Å². The van der Waals surface area contributed by atoms with Crippen molar-refractivity contribution in [3.63, 3.8) is 0 Å². The molecule has 20 heavy (non-hydrogen) atoms. The number of hydrogen-bond donors (Lipinski definition) is 2. The van der Waals surface area contributed by atoms with E-state index in [2.05, 4.69) is 0 Å². The predicted molar refractivity (Wildman–Crippen MR) is 82.7 cm³/mol. The smallest absolute Gasteiger partial charge is 0.254 e. The van der Waals surface area contributed by atoms with E-state index in [4.69, 9.17) is 18.0 Å². The molecule has 3 N–H and O–H groups in total. The third-order valence-electron chi connectivity index (χ3n) is 3.78. The van der Waals surface area contributed by atoms with Gasteiger partial charge in [-0.15, -0.1) is 0 Å². The predicted octanol–water partition coefficient (Wildman–Crippen LogP) is 1.70. The molecule has 0 aromatic heterocycles. The van der Waals surface area contributed by atoms with Gasteiger partial charge in [-0.25, -0.2) is 0 Å². The lowest BCUT2D eigenvalue weighted by atomic mass is 10.1. The molecule has 4 nitrogen and oxygen atoms in total. The average molecular weight is 292 g/mol. The molecule has 0 spiro atoms. The molecule has 2 rings (SSSR count). The van der Waals surface area contributed by atoms with E-state index in [1.165, 1.54) is 0 Å². The van der Waals surface area contributed by atoms with Crippen molar-refractivity contribution >= 4 is 23.1 Å². The Labute approximate surface area is 124 Å². The number of thiocarbonyl (C=S) groups is 1. The van der Waals surface area contributed by atoms with Crippen molar-refractivity contribution in [3.05, 3.63) is 35.4 Å². The van der Waals surface area contributed by atoms with E-state index in [-0.39, 0.29) is 18.6 Å². The number of aliphatic hydroxyl groups excluding tert-OH is 1. The van der Waals surface area contributed by atoms with Gasteiger partial charge in [-0.3, -0.25) is 4.79 Å². The molecule has 0 heterocycles. The highest BCUT2D eigenvalue weighted by atomic mass is 32.1. The third kappa shape index (κ3) is 3.35. The maximum atomic E-state index is 12.6. The van der Waals surface area contributed by atoms with Gasteiger partial charge in [0.15, 0.2) is 0 Å². The van der Waals surface area contributed by atoms with Crippen molar-refractivity contribution in [1.82, 2.24) is 4.90 Å². The van der Waals surface area contributed by atoms with Crippen LogP contribution in [0.2, 0.25) is 0 Å². The molecule has 1 aliphatic carbocycles. The summed E-state index contributed by atoms with van der Waals surface area (Å²) >= 11 is 4.90. The van der Waals surface area contributed by atoms with E-state index < -0.39 is 0 Å². The summed E-state index contributed by atoms with van der Waals surface area (Å²) in [6, 6.07) is 7.28. The molecule has 1 saturated carbocycles. The van der Waals surface area contributed by atoms with Gasteiger partial charge < -0.3 is 15.7 Å². The van der Waals surface area contributed by atoms with E-state index in [1.807, 2.05) is 0 Å². The van der Waals surface area contributed by atoms with Crippen LogP contribution < -0.4 is 5.73 Å². The first kappa shape index (κ1) is 14.9. The summed E-state index contributed by atoms with van der Waals surface area (Å²) in [7, 11) is 0. The number of hydrogen-bond acceptors (Lipinski definition) is 3. The summed E-state index contributed by atoms with van der Waals surface area (Å²) in [6.07, 6.45) is 4.36. The van der Waals surface area contributed by atoms with E-state index in [0.29, 0.717) is 17.1 Å². The molecular formula is C15H20N2O2S. The molecule has 1 amide bonds. The fraction of sp³-hybridized carbons (Fsp3) is 0.467. The number of amides is 1. The van der Waals surface area contributed by atoms with Gasteiger partial charge in [-0.1, -0.05) is 37.2 Å². The minimum absolute atomic E-state index is 0.00674. The molecule has 0 saturated heterocycles. The summed E-state index contributed by atoms with van der Waals surface area (Å²) in [5, 5.41) is 9.18. The first-order chi connectivity index (χ1) is 9.63. The van der Waals surface area contributed by atoms with Crippen LogP contribution in [0.1, 0.15) is 41.6 Å². The Morgan fingerprint density at radius 2 is 1.80 bits per heavy atom. The molecule has 0 unspecified atom stereocenters. The van der Waals surface area contributed by atoms with Gasteiger partial charge in [0.25, 0.3) is 5.91 Å². The largest absolute Gasteiger partial charge is 0.395 e. The molecule has 1 aromatic rings. The molecule has 1 aliphatic rings. The quantitative estimate of drug-likeness (QED) is 0.811. The van der Waals surface area contributed by atoms with Gasteiger partial charge in [0.05, 0.1) is 6.61 Å². The third-order valence-corrected chi connectivity index (χ3v) is 4.02. The molecule has 0 aliphatic heterocycles. The van der Waals surface area contributed by atoms with Gasteiger partial charge >= 0.3 is 0 Å². The number of carbonyl (C=O) groups is 1. The average Bonchev–Trinajstić information content (AvgIpc) is 2.98. The summed E-state index contributed by atoms with van der Waals surface area (Å²) in [6.45, 7) is 0.383. The van der Waals surface area contributed by atoms with Crippen molar-refractivity contribution in [2.24, 2.45) is 5.73 Å². The molecule has 0 bridgehead atoms. The Hall–Kier alpha value is -1.46. The standard InChI is InChI=1S/C15H20N2O2S/c16-14(20)11-5-7-12(8-6-11)15(19)17(9-10-18)13-3-1-2-4-13/h5-8,13,18H,1-4,9-10H2,(H2,16,20). The van der Waals surface area contributed by atoms with Gasteiger partial charge in [-0.2, -0.15) is 0 Å². The van der Waals surface area contributed by atoms with Gasteiger partial charge in [0.2, 0.25) is 0 Å². The Morgan fingerprint density at radius 3 is 2.30 bits per heavy atom. The van der Waals surface area contributed by atoms with Crippen LogP contribution in [0.4, 0.5) is 0 Å². The zero-order valence-corrected chi connectivity index (χ0v) is 12.2. The maximum Gasteiger partial charge on any atom is 0.254 e. The SMILES string of the molecule is NC(=S)c1ccc(C(=O)N(CCO)C2CCCC2)cc1. The van der Waals surface area contributed by atoms with Crippen LogP contribution in [0.15, 0.2) is 24.3 Å².